The molecule has 0 amide bonds. The second-order valence-corrected chi connectivity index (χ2v) is 3.19. The van der Waals surface area contributed by atoms with Gasteiger partial charge in [-0.3, -0.25) is 4.98 Å². The Morgan fingerprint density at radius 3 is 2.65 bits per heavy atom. The molecule has 92 valence electrons. The molecular formula is C12H18NO3Zn-. The van der Waals surface area contributed by atoms with Crippen molar-refractivity contribution in [2.24, 2.45) is 0 Å². The van der Waals surface area contributed by atoms with Crippen LogP contribution in [0.1, 0.15) is 32.6 Å². The average molecular weight is 290 g/mol. The Bertz CT molecular complexity index is 257. The van der Waals surface area contributed by atoms with Gasteiger partial charge in [-0.25, -0.2) is 0 Å². The van der Waals surface area contributed by atoms with Crippen molar-refractivity contribution in [1.29, 1.82) is 0 Å². The minimum absolute atomic E-state index is 0. The smallest absolute Gasteiger partial charge is 0.137 e. The van der Waals surface area contributed by atoms with Gasteiger partial charge in [0, 0.05) is 25.7 Å². The van der Waals surface area contributed by atoms with Crippen LogP contribution in [0.3, 0.4) is 0 Å². The van der Waals surface area contributed by atoms with E-state index in [9.17, 15) is 0 Å². The van der Waals surface area contributed by atoms with Crippen LogP contribution in [0.2, 0.25) is 0 Å². The Balaban J connectivity index is 0. The number of nitrogens with zero attached hydrogens (tertiary/aromatic N) is 1. The van der Waals surface area contributed by atoms with E-state index < -0.39 is 0 Å². The third-order valence-corrected chi connectivity index (χ3v) is 1.90. The van der Waals surface area contributed by atoms with Crippen LogP contribution in [0.5, 0.6) is 5.75 Å². The maximum Gasteiger partial charge on any atom is 0.137 e. The van der Waals surface area contributed by atoms with Crippen molar-refractivity contribution in [2.45, 2.75) is 32.6 Å². The molecule has 0 aliphatic rings. The standard InChI is InChI=1S/C11H17NO.CHO2.Zn/c1-2-3-4-5-9-13-11-7-6-8-12-10-11;2-1-3;/h6-8,10H,2-5,9H2,1H3;(H,2,3);/q;-1;. The summed E-state index contributed by atoms with van der Waals surface area (Å²) in [6.45, 7) is 3.52. The Morgan fingerprint density at radius 1 is 1.41 bits per heavy atom. The quantitative estimate of drug-likeness (QED) is 0.497. The van der Waals surface area contributed by atoms with Crippen molar-refractivity contribution < 1.29 is 34.1 Å². The zero-order chi connectivity index (χ0) is 12.1. The van der Waals surface area contributed by atoms with Gasteiger partial charge >= 0.3 is 0 Å². The van der Waals surface area contributed by atoms with Crippen LogP contribution in [0, 0.1) is 0 Å². The maximum absolute atomic E-state index is 8.24. The summed E-state index contributed by atoms with van der Waals surface area (Å²) in [6.07, 6.45) is 8.48. The molecule has 0 aliphatic heterocycles. The van der Waals surface area contributed by atoms with E-state index in [0.717, 1.165) is 18.8 Å². The summed E-state index contributed by atoms with van der Waals surface area (Å²) in [5, 5.41) is 6.76. The average Bonchev–Trinajstić information content (AvgIpc) is 2.31. The maximum atomic E-state index is 8.24. The molecule has 0 spiro atoms. The fourth-order valence-electron chi connectivity index (χ4n) is 1.15. The summed E-state index contributed by atoms with van der Waals surface area (Å²) in [5.74, 6) is 0.874. The molecule has 1 aromatic heterocycles. The Labute approximate surface area is 115 Å². The summed E-state index contributed by atoms with van der Waals surface area (Å²) in [5.41, 5.74) is 0. The van der Waals surface area contributed by atoms with Crippen molar-refractivity contribution in [3.63, 3.8) is 0 Å². The van der Waals surface area contributed by atoms with Crippen LogP contribution in [0.15, 0.2) is 24.5 Å². The van der Waals surface area contributed by atoms with E-state index >= 15 is 0 Å². The number of aromatic nitrogens is 1. The van der Waals surface area contributed by atoms with E-state index in [0.29, 0.717) is 6.47 Å². The van der Waals surface area contributed by atoms with Gasteiger partial charge in [-0.1, -0.05) is 32.7 Å². The Kier molecular flexibility index (Phi) is 16.3. The number of ether oxygens (including phenoxy) is 1. The molecule has 1 heterocycles. The summed E-state index contributed by atoms with van der Waals surface area (Å²) in [7, 11) is 0. The van der Waals surface area contributed by atoms with Gasteiger partial charge in [0.05, 0.1) is 12.8 Å². The largest absolute Gasteiger partial charge is 0.665 e. The van der Waals surface area contributed by atoms with Crippen molar-refractivity contribution >= 4 is 6.47 Å². The fraction of sp³-hybridized carbons (Fsp3) is 0.500. The Morgan fingerprint density at radius 2 is 2.12 bits per heavy atom. The molecule has 1 aromatic rings. The van der Waals surface area contributed by atoms with Crippen molar-refractivity contribution in [1.82, 2.24) is 4.98 Å². The van der Waals surface area contributed by atoms with Gasteiger partial charge in [0.25, 0.3) is 0 Å². The predicted molar refractivity (Wildman–Crippen MR) is 62.2 cm³/mol. The van der Waals surface area contributed by atoms with Crippen molar-refractivity contribution in [3.8, 4) is 5.75 Å². The first-order valence-corrected chi connectivity index (χ1v) is 5.39. The molecule has 0 fully saturated rings. The number of pyridine rings is 1. The molecule has 1 rings (SSSR count). The van der Waals surface area contributed by atoms with Crippen LogP contribution < -0.4 is 4.74 Å². The van der Waals surface area contributed by atoms with Crippen molar-refractivity contribution in [3.05, 3.63) is 24.5 Å². The van der Waals surface area contributed by atoms with Gasteiger partial charge in [0.2, 0.25) is 0 Å². The van der Waals surface area contributed by atoms with E-state index in [1.165, 1.54) is 19.3 Å². The number of unbranched alkanes of at least 4 members (excludes halogenated alkanes) is 3. The molecule has 4 nitrogen and oxygen atoms in total. The minimum atomic E-state index is 0. The van der Waals surface area contributed by atoms with Crippen LogP contribution >= 0.6 is 0 Å². The van der Waals surface area contributed by atoms with E-state index in [2.05, 4.69) is 11.9 Å². The molecule has 0 aromatic carbocycles. The van der Waals surface area contributed by atoms with Gasteiger partial charge in [-0.2, -0.15) is 0 Å². The fourth-order valence-corrected chi connectivity index (χ4v) is 1.15. The van der Waals surface area contributed by atoms with Gasteiger partial charge in [0.15, 0.2) is 0 Å². The Hall–Kier alpha value is -0.957. The van der Waals surface area contributed by atoms with Gasteiger partial charge in [0.1, 0.15) is 5.75 Å². The molecule has 0 saturated heterocycles. The monoisotopic (exact) mass is 288 g/mol. The van der Waals surface area contributed by atoms with Gasteiger partial charge < -0.3 is 14.6 Å². The zero-order valence-electron chi connectivity index (χ0n) is 10.3. The molecule has 5 heteroatoms. The van der Waals surface area contributed by atoms with E-state index in [-0.39, 0.29) is 19.5 Å². The molecule has 0 saturated carbocycles. The van der Waals surface area contributed by atoms with E-state index in [1.807, 2.05) is 12.1 Å². The van der Waals surface area contributed by atoms with Crippen LogP contribution in [-0.4, -0.2) is 23.2 Å². The van der Waals surface area contributed by atoms with E-state index in [1.54, 1.807) is 12.4 Å². The van der Waals surface area contributed by atoms with Crippen LogP contribution in [0.4, 0.5) is 0 Å². The van der Waals surface area contributed by atoms with Crippen LogP contribution in [-0.2, 0) is 24.3 Å². The second kappa shape index (κ2) is 15.0. The van der Waals surface area contributed by atoms with E-state index in [4.69, 9.17) is 14.6 Å². The summed E-state index contributed by atoms with van der Waals surface area (Å²) in [6, 6.07) is 3.83. The van der Waals surface area contributed by atoms with Crippen molar-refractivity contribution in [2.75, 3.05) is 6.61 Å². The predicted octanol–water partition coefficient (Wildman–Crippen LogP) is 2.65. The molecule has 0 aliphatic carbocycles. The molecule has 0 atom stereocenters. The number of rotatable bonds is 6. The molecular weight excluding hydrogens is 272 g/mol. The molecule has 17 heavy (non-hydrogen) atoms. The summed E-state index contributed by atoms with van der Waals surface area (Å²) in [4.78, 5) is 12.2. The third-order valence-electron chi connectivity index (χ3n) is 1.90. The number of aliphatic hydroxyl groups excluding tert-OH is 1. The topological polar surface area (TPSA) is 59.4 Å². The molecule has 0 radical (unpaired) electrons. The number of hydrogen-bond acceptors (Lipinski definition) is 3. The first-order chi connectivity index (χ1) is 7.85. The minimum Gasteiger partial charge on any atom is -0.665 e. The summed E-state index contributed by atoms with van der Waals surface area (Å²) < 4.78 is 5.49. The van der Waals surface area contributed by atoms with Crippen LogP contribution in [0.25, 0.3) is 0 Å². The first-order valence-electron chi connectivity index (χ1n) is 5.39. The second-order valence-electron chi connectivity index (χ2n) is 3.19. The molecule has 1 N–H and O–H groups in total. The normalized spacial score (nSPS) is 8.29. The third kappa shape index (κ3) is 13.0. The summed E-state index contributed by atoms with van der Waals surface area (Å²) >= 11 is 0. The van der Waals surface area contributed by atoms with Gasteiger partial charge in [-0.05, 0) is 18.6 Å². The van der Waals surface area contributed by atoms with Gasteiger partial charge in [-0.15, -0.1) is 0 Å². The zero-order valence-corrected chi connectivity index (χ0v) is 13.2. The first kappa shape index (κ1) is 18.4. The molecule has 0 unspecified atom stereocenters. The molecule has 0 bridgehead atoms. The number of hydrogen-bond donors (Lipinski definition) is 1. The SMILES string of the molecule is CCCCCCOc1cccnc1.O=[C-]O.[Zn].